The second-order valence-electron chi connectivity index (χ2n) is 6.77. The second-order valence-corrected chi connectivity index (χ2v) is 9.07. The Labute approximate surface area is 193 Å². The summed E-state index contributed by atoms with van der Waals surface area (Å²) in [7, 11) is -2.32. The molecule has 3 rings (SSSR count). The zero-order chi connectivity index (χ0) is 23.0. The van der Waals surface area contributed by atoms with Crippen molar-refractivity contribution in [2.45, 2.75) is 4.90 Å². The van der Waals surface area contributed by atoms with Crippen LogP contribution in [0.4, 0.5) is 17.2 Å². The van der Waals surface area contributed by atoms with E-state index < -0.39 is 10.0 Å². The average Bonchev–Trinajstić information content (AvgIpc) is 2.82. The molecule has 1 aromatic heterocycles. The first-order chi connectivity index (χ1) is 15.5. The summed E-state index contributed by atoms with van der Waals surface area (Å²) in [5.41, 5.74) is 7.11. The number of nitrogens with one attached hydrogen (secondary N) is 2. The minimum atomic E-state index is -3.85. The number of hydrogen-bond acceptors (Lipinski definition) is 7. The van der Waals surface area contributed by atoms with Gasteiger partial charge >= 0.3 is 0 Å². The van der Waals surface area contributed by atoms with Crippen molar-refractivity contribution in [1.82, 2.24) is 4.98 Å². The van der Waals surface area contributed by atoms with Gasteiger partial charge in [0.15, 0.2) is 5.82 Å². The van der Waals surface area contributed by atoms with Gasteiger partial charge in [-0.1, -0.05) is 11.6 Å². The summed E-state index contributed by atoms with van der Waals surface area (Å²) in [5.74, 6) is 1.03. The van der Waals surface area contributed by atoms with E-state index >= 15 is 0 Å². The summed E-state index contributed by atoms with van der Waals surface area (Å²) in [4.78, 5) is 4.49. The van der Waals surface area contributed by atoms with Gasteiger partial charge in [-0.05, 0) is 60.7 Å². The van der Waals surface area contributed by atoms with Crippen molar-refractivity contribution in [3.63, 3.8) is 0 Å². The largest absolute Gasteiger partial charge is 0.497 e. The Hall–Kier alpha value is -3.01. The highest BCUT2D eigenvalue weighted by atomic mass is 35.5. The van der Waals surface area contributed by atoms with E-state index in [0.29, 0.717) is 35.4 Å². The lowest BCUT2D eigenvalue weighted by Crippen LogP contribution is -2.36. The number of nitrogens with two attached hydrogens (primary N) is 1. The van der Waals surface area contributed by atoms with Gasteiger partial charge in [-0.2, -0.15) is 0 Å². The molecule has 2 aromatic carbocycles. The van der Waals surface area contributed by atoms with Gasteiger partial charge in [-0.15, -0.1) is 0 Å². The number of ether oxygens (including phenoxy) is 1. The van der Waals surface area contributed by atoms with Crippen LogP contribution in [0.2, 0.25) is 5.02 Å². The van der Waals surface area contributed by atoms with Crippen LogP contribution in [-0.4, -0.2) is 46.7 Å². The SMILES string of the molecule is COc1ccc(S(=O)(=O)N(CCN)c2cccnc2NCCNc2ccc(Cl)cc2)cc1. The standard InChI is InChI=1S/C22H26ClN5O3S/c1-31-19-8-10-20(11-9-19)32(29,30)28(16-12-24)21-3-2-13-26-22(21)27-15-14-25-18-6-4-17(23)5-7-18/h2-11,13,25H,12,14-16,24H2,1H3,(H,26,27). The molecule has 0 saturated carbocycles. The van der Waals surface area contributed by atoms with Gasteiger partial charge in [0.05, 0.1) is 17.7 Å². The molecule has 10 heteroatoms. The van der Waals surface area contributed by atoms with Crippen molar-refractivity contribution in [3.05, 3.63) is 71.9 Å². The van der Waals surface area contributed by atoms with Crippen molar-refractivity contribution in [2.24, 2.45) is 5.73 Å². The van der Waals surface area contributed by atoms with Crippen molar-refractivity contribution >= 4 is 38.8 Å². The predicted octanol–water partition coefficient (Wildman–Crippen LogP) is 3.42. The van der Waals surface area contributed by atoms with Crippen LogP contribution in [0, 0.1) is 0 Å². The Kier molecular flexibility index (Phi) is 8.15. The fourth-order valence-corrected chi connectivity index (χ4v) is 4.66. The molecule has 3 aromatic rings. The van der Waals surface area contributed by atoms with E-state index in [4.69, 9.17) is 22.1 Å². The molecule has 4 N–H and O–H groups in total. The number of halogens is 1. The summed E-state index contributed by atoms with van der Waals surface area (Å²) < 4.78 is 33.1. The third kappa shape index (κ3) is 5.82. The number of rotatable bonds is 11. The van der Waals surface area contributed by atoms with Crippen LogP contribution in [0.5, 0.6) is 5.75 Å². The maximum absolute atomic E-state index is 13.4. The summed E-state index contributed by atoms with van der Waals surface area (Å²) in [6.45, 7) is 1.38. The molecule has 0 unspecified atom stereocenters. The highest BCUT2D eigenvalue weighted by Crippen LogP contribution is 2.29. The van der Waals surface area contributed by atoms with E-state index in [9.17, 15) is 8.42 Å². The molecule has 1 heterocycles. The highest BCUT2D eigenvalue weighted by Gasteiger charge is 2.26. The fourth-order valence-electron chi connectivity index (χ4n) is 3.05. The van der Waals surface area contributed by atoms with E-state index in [0.717, 1.165) is 5.69 Å². The lowest BCUT2D eigenvalue weighted by Gasteiger charge is -2.26. The fraction of sp³-hybridized carbons (Fsp3) is 0.227. The van der Waals surface area contributed by atoms with E-state index in [1.165, 1.54) is 23.5 Å². The first kappa shape index (κ1) is 23.6. The van der Waals surface area contributed by atoms with Gasteiger partial charge in [-0.3, -0.25) is 4.31 Å². The van der Waals surface area contributed by atoms with E-state index in [-0.39, 0.29) is 18.0 Å². The van der Waals surface area contributed by atoms with Gasteiger partial charge in [-0.25, -0.2) is 13.4 Å². The molecule has 0 spiro atoms. The Morgan fingerprint density at radius 1 is 1.03 bits per heavy atom. The highest BCUT2D eigenvalue weighted by molar-refractivity contribution is 7.92. The first-order valence-corrected chi connectivity index (χ1v) is 11.8. The number of methoxy groups -OCH3 is 1. The van der Waals surface area contributed by atoms with E-state index in [2.05, 4.69) is 15.6 Å². The number of hydrogen-bond donors (Lipinski definition) is 3. The maximum Gasteiger partial charge on any atom is 0.264 e. The molecule has 0 aliphatic heterocycles. The molecule has 0 radical (unpaired) electrons. The van der Waals surface area contributed by atoms with Crippen molar-refractivity contribution in [2.75, 3.05) is 48.2 Å². The molecule has 8 nitrogen and oxygen atoms in total. The summed E-state index contributed by atoms with van der Waals surface area (Å²) in [6, 6.07) is 17.0. The lowest BCUT2D eigenvalue weighted by atomic mass is 10.3. The zero-order valence-electron chi connectivity index (χ0n) is 17.7. The molecule has 0 atom stereocenters. The quantitative estimate of drug-likeness (QED) is 0.364. The molecule has 0 fully saturated rings. The van der Waals surface area contributed by atoms with Crippen LogP contribution in [0.25, 0.3) is 0 Å². The number of nitrogens with zero attached hydrogens (tertiary/aromatic N) is 2. The van der Waals surface area contributed by atoms with Crippen LogP contribution in [0.15, 0.2) is 71.8 Å². The summed E-state index contributed by atoms with van der Waals surface area (Å²) in [5, 5.41) is 7.15. The van der Waals surface area contributed by atoms with Crippen LogP contribution in [-0.2, 0) is 10.0 Å². The molecule has 0 amide bonds. The first-order valence-electron chi connectivity index (χ1n) is 10.0. The molecule has 0 aliphatic rings. The van der Waals surface area contributed by atoms with Crippen LogP contribution in [0.3, 0.4) is 0 Å². The molecule has 0 saturated heterocycles. The van der Waals surface area contributed by atoms with Crippen molar-refractivity contribution in [3.8, 4) is 5.75 Å². The number of benzene rings is 2. The summed E-state index contributed by atoms with van der Waals surface area (Å²) in [6.07, 6.45) is 1.61. The molecule has 170 valence electrons. The normalized spacial score (nSPS) is 11.1. The smallest absolute Gasteiger partial charge is 0.264 e. The third-order valence-corrected chi connectivity index (χ3v) is 6.70. The average molecular weight is 476 g/mol. The van der Waals surface area contributed by atoms with Crippen LogP contribution >= 0.6 is 11.6 Å². The van der Waals surface area contributed by atoms with E-state index in [1.54, 1.807) is 30.5 Å². The number of aromatic nitrogens is 1. The van der Waals surface area contributed by atoms with Gasteiger partial charge in [0, 0.05) is 43.1 Å². The minimum Gasteiger partial charge on any atom is -0.497 e. The molecule has 32 heavy (non-hydrogen) atoms. The van der Waals surface area contributed by atoms with Gasteiger partial charge in [0.25, 0.3) is 10.0 Å². The van der Waals surface area contributed by atoms with Gasteiger partial charge in [0.1, 0.15) is 5.75 Å². The molecular weight excluding hydrogens is 450 g/mol. The topological polar surface area (TPSA) is 110 Å². The summed E-state index contributed by atoms with van der Waals surface area (Å²) >= 11 is 5.90. The number of pyridine rings is 1. The molecule has 0 aliphatic carbocycles. The van der Waals surface area contributed by atoms with Crippen LogP contribution in [0.1, 0.15) is 0 Å². The maximum atomic E-state index is 13.4. The van der Waals surface area contributed by atoms with Gasteiger partial charge < -0.3 is 21.1 Å². The Bertz CT molecular complexity index is 1110. The minimum absolute atomic E-state index is 0.109. The van der Waals surface area contributed by atoms with Crippen LogP contribution < -0.4 is 25.4 Å². The Morgan fingerprint density at radius 2 is 1.72 bits per heavy atom. The van der Waals surface area contributed by atoms with Crippen molar-refractivity contribution < 1.29 is 13.2 Å². The van der Waals surface area contributed by atoms with E-state index in [1.807, 2.05) is 24.3 Å². The lowest BCUT2D eigenvalue weighted by molar-refractivity contribution is 0.414. The zero-order valence-corrected chi connectivity index (χ0v) is 19.2. The van der Waals surface area contributed by atoms with Crippen molar-refractivity contribution in [1.29, 1.82) is 0 Å². The number of anilines is 3. The Morgan fingerprint density at radius 3 is 2.38 bits per heavy atom. The molecule has 0 bridgehead atoms. The second kappa shape index (κ2) is 11.0. The Balaban J connectivity index is 1.77. The van der Waals surface area contributed by atoms with Gasteiger partial charge in [0.2, 0.25) is 0 Å². The monoisotopic (exact) mass is 475 g/mol. The molecular formula is C22H26ClN5O3S. The predicted molar refractivity (Wildman–Crippen MR) is 129 cm³/mol. The number of sulfonamides is 1. The third-order valence-electron chi connectivity index (χ3n) is 4.63.